The number of aliphatic hydroxyl groups excluding tert-OH is 2. The Hall–Kier alpha value is -3.48. The molecular weight excluding hydrogens is 430 g/mol. The van der Waals surface area contributed by atoms with Gasteiger partial charge in [0.05, 0.1) is 6.10 Å². The van der Waals surface area contributed by atoms with Gasteiger partial charge in [0.2, 0.25) is 0 Å². The summed E-state index contributed by atoms with van der Waals surface area (Å²) in [4.78, 5) is 23.8. The molecule has 0 radical (unpaired) electrons. The van der Waals surface area contributed by atoms with Crippen molar-refractivity contribution in [2.45, 2.75) is 38.4 Å². The molecule has 6 nitrogen and oxygen atoms in total. The molecule has 1 aliphatic carbocycles. The molecule has 3 aromatic rings. The molecule has 0 aliphatic heterocycles. The topological polar surface area (TPSA) is 95.9 Å². The summed E-state index contributed by atoms with van der Waals surface area (Å²) in [5.74, 6) is -0.0801. The van der Waals surface area contributed by atoms with E-state index in [0.29, 0.717) is 11.1 Å². The second-order valence-electron chi connectivity index (χ2n) is 8.68. The molecule has 2 unspecified atom stereocenters. The van der Waals surface area contributed by atoms with Gasteiger partial charge in [0.1, 0.15) is 12.7 Å². The minimum Gasteiger partial charge on any atom is -0.449 e. The molecule has 4 rings (SSSR count). The van der Waals surface area contributed by atoms with Gasteiger partial charge in [-0.1, -0.05) is 60.7 Å². The van der Waals surface area contributed by atoms with Crippen LogP contribution < -0.4 is 5.32 Å². The number of fused-ring (bicyclic) bond motifs is 3. The van der Waals surface area contributed by atoms with Crippen LogP contribution in [0.5, 0.6) is 0 Å². The number of rotatable bonds is 8. The molecule has 1 aliphatic rings. The van der Waals surface area contributed by atoms with Crippen LogP contribution in [-0.4, -0.2) is 41.3 Å². The van der Waals surface area contributed by atoms with E-state index in [2.05, 4.69) is 29.6 Å². The van der Waals surface area contributed by atoms with Crippen LogP contribution in [0.2, 0.25) is 0 Å². The molecule has 3 aromatic carbocycles. The summed E-state index contributed by atoms with van der Waals surface area (Å²) in [5, 5.41) is 23.6. The highest BCUT2D eigenvalue weighted by Crippen LogP contribution is 2.44. The highest BCUT2D eigenvalue weighted by atomic mass is 16.5. The fraction of sp³-hybridized carbons (Fsp3) is 0.286. The zero-order chi connectivity index (χ0) is 24.2. The Labute approximate surface area is 199 Å². The highest BCUT2D eigenvalue weighted by molar-refractivity contribution is 5.94. The molecule has 6 heteroatoms. The summed E-state index contributed by atoms with van der Waals surface area (Å²) in [6, 6.07) is 21.2. The van der Waals surface area contributed by atoms with Gasteiger partial charge in [0.15, 0.2) is 5.78 Å². The van der Waals surface area contributed by atoms with Crippen LogP contribution in [0.15, 0.2) is 66.7 Å². The first-order chi connectivity index (χ1) is 16.4. The number of benzene rings is 3. The minimum atomic E-state index is -1.12. The Bertz CT molecular complexity index is 1160. The van der Waals surface area contributed by atoms with Crippen LogP contribution in [0, 0.1) is 6.92 Å². The monoisotopic (exact) mass is 459 g/mol. The van der Waals surface area contributed by atoms with Gasteiger partial charge < -0.3 is 20.3 Å². The number of ketones is 1. The number of nitrogens with one attached hydrogen (secondary N) is 1. The van der Waals surface area contributed by atoms with Gasteiger partial charge in [-0.2, -0.15) is 0 Å². The van der Waals surface area contributed by atoms with E-state index in [-0.39, 0.29) is 31.3 Å². The number of alkyl carbamates (subject to hydrolysis) is 1. The summed E-state index contributed by atoms with van der Waals surface area (Å²) in [5.41, 5.74) is 6.44. The lowest BCUT2D eigenvalue weighted by Crippen LogP contribution is -2.30. The fourth-order valence-electron chi connectivity index (χ4n) is 4.56. The maximum Gasteiger partial charge on any atom is 0.407 e. The summed E-state index contributed by atoms with van der Waals surface area (Å²) in [6.07, 6.45) is -2.61. The maximum absolute atomic E-state index is 12.3. The number of hydrogen-bond donors (Lipinski definition) is 3. The first-order valence-corrected chi connectivity index (χ1v) is 11.4. The number of hydrogen-bond acceptors (Lipinski definition) is 5. The smallest absolute Gasteiger partial charge is 0.407 e. The molecule has 0 spiro atoms. The molecule has 3 N–H and O–H groups in total. The average molecular weight is 460 g/mol. The van der Waals surface area contributed by atoms with Crippen molar-refractivity contribution in [1.82, 2.24) is 5.32 Å². The van der Waals surface area contributed by atoms with Gasteiger partial charge >= 0.3 is 6.09 Å². The standard InChI is InChI=1S/C28H29NO5/c1-17-15-19(18(2)30)11-12-20(17)27(32)26(31)13-14-29-28(33)34-16-25-23-9-5-3-7-21(23)22-8-4-6-10-24(22)25/h3-12,15,25-27,31-32H,13-14,16H2,1-2H3,(H,29,33). The number of amides is 1. The first-order valence-electron chi connectivity index (χ1n) is 11.4. The number of aliphatic hydroxyl groups is 2. The van der Waals surface area contributed by atoms with Crippen molar-refractivity contribution in [3.63, 3.8) is 0 Å². The van der Waals surface area contributed by atoms with Gasteiger partial charge in [-0.15, -0.1) is 0 Å². The third kappa shape index (κ3) is 4.88. The second kappa shape index (κ2) is 10.2. The molecular formula is C28H29NO5. The summed E-state index contributed by atoms with van der Waals surface area (Å²) in [6.45, 7) is 3.63. The summed E-state index contributed by atoms with van der Waals surface area (Å²) >= 11 is 0. The van der Waals surface area contributed by atoms with Gasteiger partial charge in [-0.25, -0.2) is 4.79 Å². The molecule has 0 aromatic heterocycles. The quantitative estimate of drug-likeness (QED) is 0.431. The van der Waals surface area contributed by atoms with E-state index in [1.54, 1.807) is 25.1 Å². The van der Waals surface area contributed by atoms with E-state index in [0.717, 1.165) is 27.8 Å². The lowest BCUT2D eigenvalue weighted by molar-refractivity contribution is 0.0133. The summed E-state index contributed by atoms with van der Waals surface area (Å²) < 4.78 is 5.50. The van der Waals surface area contributed by atoms with Crippen molar-refractivity contribution in [3.8, 4) is 11.1 Å². The molecule has 0 bridgehead atoms. The number of carbonyl (C=O) groups is 2. The molecule has 34 heavy (non-hydrogen) atoms. The molecule has 176 valence electrons. The molecule has 0 heterocycles. The Morgan fingerprint density at radius 3 is 2.18 bits per heavy atom. The Morgan fingerprint density at radius 1 is 0.971 bits per heavy atom. The van der Waals surface area contributed by atoms with Crippen molar-refractivity contribution in [1.29, 1.82) is 0 Å². The van der Waals surface area contributed by atoms with Crippen molar-refractivity contribution in [2.75, 3.05) is 13.2 Å². The molecule has 0 saturated heterocycles. The lowest BCUT2D eigenvalue weighted by Gasteiger charge is -2.20. The predicted octanol–water partition coefficient (Wildman–Crippen LogP) is 4.52. The van der Waals surface area contributed by atoms with E-state index in [4.69, 9.17) is 4.74 Å². The SMILES string of the molecule is CC(=O)c1ccc(C(O)C(O)CCNC(=O)OCC2c3ccccc3-c3ccccc32)c(C)c1. The third-order valence-electron chi connectivity index (χ3n) is 6.41. The summed E-state index contributed by atoms with van der Waals surface area (Å²) in [7, 11) is 0. The normalized spacial score (nSPS) is 14.1. The van der Waals surface area contributed by atoms with Crippen LogP contribution >= 0.6 is 0 Å². The lowest BCUT2D eigenvalue weighted by atomic mass is 9.95. The predicted molar refractivity (Wildman–Crippen MR) is 130 cm³/mol. The number of ether oxygens (including phenoxy) is 1. The second-order valence-corrected chi connectivity index (χ2v) is 8.68. The zero-order valence-corrected chi connectivity index (χ0v) is 19.3. The fourth-order valence-corrected chi connectivity index (χ4v) is 4.56. The largest absolute Gasteiger partial charge is 0.449 e. The van der Waals surface area contributed by atoms with E-state index >= 15 is 0 Å². The van der Waals surface area contributed by atoms with Crippen molar-refractivity contribution in [3.05, 3.63) is 94.5 Å². The van der Waals surface area contributed by atoms with Crippen LogP contribution in [-0.2, 0) is 4.74 Å². The van der Waals surface area contributed by atoms with Gasteiger partial charge in [0, 0.05) is 18.0 Å². The van der Waals surface area contributed by atoms with E-state index in [1.807, 2.05) is 24.3 Å². The third-order valence-corrected chi connectivity index (χ3v) is 6.41. The minimum absolute atomic E-state index is 0.0217. The van der Waals surface area contributed by atoms with E-state index in [9.17, 15) is 19.8 Å². The Morgan fingerprint density at radius 2 is 1.59 bits per heavy atom. The van der Waals surface area contributed by atoms with Crippen molar-refractivity contribution < 1.29 is 24.5 Å². The van der Waals surface area contributed by atoms with Gasteiger partial charge in [-0.05, 0) is 59.7 Å². The highest BCUT2D eigenvalue weighted by Gasteiger charge is 2.29. The van der Waals surface area contributed by atoms with Crippen LogP contribution in [0.4, 0.5) is 4.79 Å². The van der Waals surface area contributed by atoms with Gasteiger partial charge in [0.25, 0.3) is 0 Å². The van der Waals surface area contributed by atoms with E-state index < -0.39 is 18.3 Å². The molecule has 0 saturated carbocycles. The molecule has 1 amide bonds. The average Bonchev–Trinajstić information content (AvgIpc) is 3.16. The molecule has 2 atom stereocenters. The van der Waals surface area contributed by atoms with Gasteiger partial charge in [-0.3, -0.25) is 4.79 Å². The van der Waals surface area contributed by atoms with Crippen LogP contribution in [0.3, 0.4) is 0 Å². The Kier molecular flexibility index (Phi) is 7.10. The first kappa shape index (κ1) is 23.7. The van der Waals surface area contributed by atoms with Crippen LogP contribution in [0.1, 0.15) is 58.0 Å². The number of aryl methyl sites for hydroxylation is 1. The molecule has 0 fully saturated rings. The number of Topliss-reactive ketones (excluding diaryl/α,β-unsaturated/α-hetero) is 1. The number of carbonyl (C=O) groups excluding carboxylic acids is 2. The van der Waals surface area contributed by atoms with Crippen LogP contribution in [0.25, 0.3) is 11.1 Å². The van der Waals surface area contributed by atoms with Crippen molar-refractivity contribution >= 4 is 11.9 Å². The Balaban J connectivity index is 1.28. The zero-order valence-electron chi connectivity index (χ0n) is 19.3. The maximum atomic E-state index is 12.3. The van der Waals surface area contributed by atoms with Crippen molar-refractivity contribution in [2.24, 2.45) is 0 Å². The van der Waals surface area contributed by atoms with E-state index in [1.165, 1.54) is 6.92 Å².